The van der Waals surface area contributed by atoms with E-state index in [0.717, 1.165) is 5.75 Å². The van der Waals surface area contributed by atoms with E-state index in [1.807, 2.05) is 30.3 Å². The third-order valence-electron chi connectivity index (χ3n) is 6.44. The SMILES string of the molecule is O=C(Nc1ccc(Oc2ccccc2)cc1)O[C@@H]1CO[C@H]2[C@@H]1OC[C@@H]2Nc1nccc(-c2cccc(F)c2)n1. The Hall–Kier alpha value is -4.54. The fourth-order valence-corrected chi connectivity index (χ4v) is 4.61. The van der Waals surface area contributed by atoms with E-state index in [9.17, 15) is 9.18 Å². The summed E-state index contributed by atoms with van der Waals surface area (Å²) in [6.07, 6.45) is -0.344. The van der Waals surface area contributed by atoms with Crippen molar-refractivity contribution in [1.29, 1.82) is 0 Å². The van der Waals surface area contributed by atoms with Crippen molar-refractivity contribution in [2.24, 2.45) is 0 Å². The Morgan fingerprint density at radius 2 is 1.69 bits per heavy atom. The van der Waals surface area contributed by atoms with Crippen LogP contribution in [-0.4, -0.2) is 53.6 Å². The summed E-state index contributed by atoms with van der Waals surface area (Å²) in [6, 6.07) is 24.1. The average molecular weight is 529 g/mol. The Morgan fingerprint density at radius 3 is 2.51 bits per heavy atom. The number of carbonyl (C=O) groups is 1. The van der Waals surface area contributed by atoms with Crippen molar-refractivity contribution in [3.63, 3.8) is 0 Å². The normalized spacial score (nSPS) is 21.7. The first kappa shape index (κ1) is 24.8. The molecule has 0 spiro atoms. The van der Waals surface area contributed by atoms with Gasteiger partial charge in [-0.15, -0.1) is 0 Å². The number of rotatable bonds is 7. The van der Waals surface area contributed by atoms with Gasteiger partial charge in [-0.05, 0) is 54.6 Å². The summed E-state index contributed by atoms with van der Waals surface area (Å²) in [6.45, 7) is 0.530. The van der Waals surface area contributed by atoms with Gasteiger partial charge in [-0.2, -0.15) is 0 Å². The van der Waals surface area contributed by atoms with Gasteiger partial charge in [0, 0.05) is 17.4 Å². The average Bonchev–Trinajstić information content (AvgIpc) is 3.54. The highest BCUT2D eigenvalue weighted by Crippen LogP contribution is 2.31. The molecule has 0 radical (unpaired) electrons. The molecular formula is C29H25FN4O5. The molecule has 39 heavy (non-hydrogen) atoms. The van der Waals surface area contributed by atoms with Crippen LogP contribution in [0.15, 0.2) is 91.1 Å². The zero-order valence-electron chi connectivity index (χ0n) is 20.7. The number of amides is 1. The number of para-hydroxylation sites is 1. The first-order valence-corrected chi connectivity index (χ1v) is 12.5. The van der Waals surface area contributed by atoms with Crippen LogP contribution in [0.3, 0.4) is 0 Å². The van der Waals surface area contributed by atoms with Crippen molar-refractivity contribution in [1.82, 2.24) is 9.97 Å². The van der Waals surface area contributed by atoms with E-state index in [2.05, 4.69) is 20.6 Å². The second kappa shape index (κ2) is 11.1. The number of benzene rings is 3. The number of aromatic nitrogens is 2. The maximum atomic E-state index is 13.6. The molecule has 2 aliphatic rings. The lowest BCUT2D eigenvalue weighted by molar-refractivity contribution is 0.00917. The number of anilines is 2. The van der Waals surface area contributed by atoms with Crippen LogP contribution < -0.4 is 15.4 Å². The van der Waals surface area contributed by atoms with Gasteiger partial charge in [0.1, 0.15) is 29.5 Å². The smallest absolute Gasteiger partial charge is 0.412 e. The highest BCUT2D eigenvalue weighted by molar-refractivity contribution is 5.84. The van der Waals surface area contributed by atoms with Gasteiger partial charge in [0.25, 0.3) is 0 Å². The lowest BCUT2D eigenvalue weighted by Crippen LogP contribution is -2.38. The highest BCUT2D eigenvalue weighted by Gasteiger charge is 2.49. The predicted octanol–water partition coefficient (Wildman–Crippen LogP) is 5.27. The standard InChI is InChI=1S/C29H25FN4O5/c30-19-6-4-5-18(15-19)23-13-14-31-28(33-23)34-24-16-36-27-25(17-37-26(24)27)39-29(35)32-20-9-11-22(12-10-20)38-21-7-2-1-3-8-21/h1-15,24-27H,16-17H2,(H,32,35)(H,31,33,34)/t24-,25+,26+,27+/m0/s1. The second-order valence-corrected chi connectivity index (χ2v) is 9.13. The second-order valence-electron chi connectivity index (χ2n) is 9.13. The fraction of sp³-hybridized carbons (Fsp3) is 0.207. The van der Waals surface area contributed by atoms with Crippen LogP contribution >= 0.6 is 0 Å². The van der Waals surface area contributed by atoms with Gasteiger partial charge in [-0.25, -0.2) is 19.2 Å². The predicted molar refractivity (Wildman–Crippen MR) is 141 cm³/mol. The topological polar surface area (TPSA) is 104 Å². The quantitative estimate of drug-likeness (QED) is 0.334. The highest BCUT2D eigenvalue weighted by atomic mass is 19.1. The molecule has 3 aromatic carbocycles. The number of hydrogen-bond donors (Lipinski definition) is 2. The van der Waals surface area contributed by atoms with Gasteiger partial charge in [-0.3, -0.25) is 5.32 Å². The third-order valence-corrected chi connectivity index (χ3v) is 6.44. The van der Waals surface area contributed by atoms with Crippen molar-refractivity contribution in [2.45, 2.75) is 24.4 Å². The molecule has 9 nitrogen and oxygen atoms in total. The van der Waals surface area contributed by atoms with Gasteiger partial charge in [0.2, 0.25) is 5.95 Å². The summed E-state index contributed by atoms with van der Waals surface area (Å²) in [5, 5.41) is 5.97. The maximum absolute atomic E-state index is 13.6. The molecule has 2 aliphatic heterocycles. The lowest BCUT2D eigenvalue weighted by atomic mass is 10.1. The van der Waals surface area contributed by atoms with Crippen molar-refractivity contribution in [2.75, 3.05) is 23.8 Å². The van der Waals surface area contributed by atoms with Crippen molar-refractivity contribution in [3.8, 4) is 22.8 Å². The number of halogens is 1. The van der Waals surface area contributed by atoms with Crippen LogP contribution in [0.4, 0.5) is 20.8 Å². The fourth-order valence-electron chi connectivity index (χ4n) is 4.61. The molecule has 2 N–H and O–H groups in total. The summed E-state index contributed by atoms with van der Waals surface area (Å²) in [5.74, 6) is 1.41. The molecule has 4 aromatic rings. The molecule has 3 heterocycles. The van der Waals surface area contributed by atoms with E-state index >= 15 is 0 Å². The first-order valence-electron chi connectivity index (χ1n) is 12.5. The van der Waals surface area contributed by atoms with Crippen molar-refractivity contribution >= 4 is 17.7 Å². The van der Waals surface area contributed by atoms with E-state index in [4.69, 9.17) is 18.9 Å². The van der Waals surface area contributed by atoms with Crippen LogP contribution in [0.2, 0.25) is 0 Å². The molecule has 0 unspecified atom stereocenters. The molecule has 1 aromatic heterocycles. The minimum Gasteiger partial charge on any atom is -0.457 e. The van der Waals surface area contributed by atoms with Crippen molar-refractivity contribution < 1.29 is 28.1 Å². The Morgan fingerprint density at radius 1 is 0.897 bits per heavy atom. The van der Waals surface area contributed by atoms with E-state index in [0.29, 0.717) is 35.2 Å². The number of fused-ring (bicyclic) bond motifs is 1. The van der Waals surface area contributed by atoms with E-state index in [1.165, 1.54) is 12.1 Å². The summed E-state index contributed by atoms with van der Waals surface area (Å²) in [5.41, 5.74) is 1.81. The summed E-state index contributed by atoms with van der Waals surface area (Å²) < 4.78 is 36.8. The molecule has 0 aliphatic carbocycles. The summed E-state index contributed by atoms with van der Waals surface area (Å²) >= 11 is 0. The molecule has 4 atom stereocenters. The Labute approximate surface area is 223 Å². The monoisotopic (exact) mass is 528 g/mol. The number of nitrogens with zero attached hydrogens (tertiary/aromatic N) is 2. The van der Waals surface area contributed by atoms with E-state index in [-0.39, 0.29) is 24.6 Å². The number of carbonyl (C=O) groups excluding carboxylic acids is 1. The van der Waals surface area contributed by atoms with Crippen LogP contribution in [0, 0.1) is 5.82 Å². The van der Waals surface area contributed by atoms with Crippen LogP contribution in [-0.2, 0) is 14.2 Å². The van der Waals surface area contributed by atoms with E-state index < -0.39 is 18.3 Å². The largest absolute Gasteiger partial charge is 0.457 e. The van der Waals surface area contributed by atoms with Gasteiger partial charge in [0.05, 0.1) is 24.9 Å². The molecule has 1 amide bonds. The van der Waals surface area contributed by atoms with E-state index in [1.54, 1.807) is 48.7 Å². The number of nitrogens with one attached hydrogen (secondary N) is 2. The van der Waals surface area contributed by atoms with Crippen LogP contribution in [0.25, 0.3) is 11.3 Å². The Balaban J connectivity index is 1.02. The molecular weight excluding hydrogens is 503 g/mol. The first-order chi connectivity index (χ1) is 19.1. The summed E-state index contributed by atoms with van der Waals surface area (Å²) in [7, 11) is 0. The molecule has 10 heteroatoms. The molecule has 0 bridgehead atoms. The minimum atomic E-state index is -0.605. The van der Waals surface area contributed by atoms with Crippen molar-refractivity contribution in [3.05, 3.63) is 96.9 Å². The van der Waals surface area contributed by atoms with Crippen LogP contribution in [0.5, 0.6) is 11.5 Å². The molecule has 2 fully saturated rings. The lowest BCUT2D eigenvalue weighted by Gasteiger charge is -2.18. The zero-order chi connectivity index (χ0) is 26.6. The van der Waals surface area contributed by atoms with Crippen LogP contribution in [0.1, 0.15) is 0 Å². The summed E-state index contributed by atoms with van der Waals surface area (Å²) in [4.78, 5) is 21.3. The molecule has 2 saturated heterocycles. The zero-order valence-corrected chi connectivity index (χ0v) is 20.7. The Bertz CT molecular complexity index is 1440. The van der Waals surface area contributed by atoms with Gasteiger partial charge < -0.3 is 24.3 Å². The van der Waals surface area contributed by atoms with Gasteiger partial charge in [0.15, 0.2) is 6.10 Å². The molecule has 6 rings (SSSR count). The van der Waals surface area contributed by atoms with Gasteiger partial charge >= 0.3 is 6.09 Å². The number of ether oxygens (including phenoxy) is 4. The minimum absolute atomic E-state index is 0.203. The maximum Gasteiger partial charge on any atom is 0.412 e. The third kappa shape index (κ3) is 5.82. The number of hydrogen-bond acceptors (Lipinski definition) is 8. The molecule has 0 saturated carbocycles. The Kier molecular flexibility index (Phi) is 7.03. The van der Waals surface area contributed by atoms with Gasteiger partial charge in [-0.1, -0.05) is 30.3 Å². The molecule has 198 valence electrons.